The number of piperidine rings is 1. The predicted octanol–water partition coefficient (Wildman–Crippen LogP) is 2.29. The number of anilines is 1. The highest BCUT2D eigenvalue weighted by atomic mass is 32.1. The van der Waals surface area contributed by atoms with Crippen LogP contribution in [0.3, 0.4) is 0 Å². The van der Waals surface area contributed by atoms with Crippen LogP contribution >= 0.6 is 11.3 Å². The van der Waals surface area contributed by atoms with Crippen LogP contribution < -0.4 is 15.8 Å². The molecule has 0 unspecified atom stereocenters. The maximum absolute atomic E-state index is 12.3. The van der Waals surface area contributed by atoms with Gasteiger partial charge in [0.15, 0.2) is 5.82 Å². The predicted molar refractivity (Wildman–Crippen MR) is 102 cm³/mol. The lowest BCUT2D eigenvalue weighted by atomic mass is 9.98. The monoisotopic (exact) mass is 361 g/mol. The molecule has 2 aromatic heterocycles. The fraction of sp³-hybridized carbons (Fsp3) is 0.611. The van der Waals surface area contributed by atoms with Gasteiger partial charge in [0.1, 0.15) is 0 Å². The number of hydrogen-bond donors (Lipinski definition) is 1. The zero-order valence-electron chi connectivity index (χ0n) is 15.5. The average molecular weight is 362 g/mol. The van der Waals surface area contributed by atoms with Crippen LogP contribution in [0.5, 0.6) is 0 Å². The molecule has 25 heavy (non-hydrogen) atoms. The van der Waals surface area contributed by atoms with Crippen LogP contribution in [0.25, 0.3) is 0 Å². The van der Waals surface area contributed by atoms with Crippen LogP contribution in [0.2, 0.25) is 0 Å². The molecule has 136 valence electrons. The van der Waals surface area contributed by atoms with Crippen LogP contribution in [0.4, 0.5) is 5.82 Å². The number of nitrogens with zero attached hydrogens (tertiary/aromatic N) is 4. The van der Waals surface area contributed by atoms with Crippen molar-refractivity contribution in [3.63, 3.8) is 0 Å². The maximum atomic E-state index is 12.3. The van der Waals surface area contributed by atoms with E-state index in [0.717, 1.165) is 38.2 Å². The van der Waals surface area contributed by atoms with E-state index in [0.29, 0.717) is 11.9 Å². The van der Waals surface area contributed by atoms with Crippen molar-refractivity contribution in [2.75, 3.05) is 18.0 Å². The number of aromatic nitrogens is 3. The van der Waals surface area contributed by atoms with Gasteiger partial charge >= 0.3 is 0 Å². The van der Waals surface area contributed by atoms with Crippen molar-refractivity contribution in [1.29, 1.82) is 0 Å². The van der Waals surface area contributed by atoms with Crippen LogP contribution in [0.15, 0.2) is 22.6 Å². The van der Waals surface area contributed by atoms with E-state index >= 15 is 0 Å². The number of thiazole rings is 1. The van der Waals surface area contributed by atoms with Crippen molar-refractivity contribution in [1.82, 2.24) is 19.9 Å². The molecular weight excluding hydrogens is 334 g/mol. The summed E-state index contributed by atoms with van der Waals surface area (Å²) in [5.74, 6) is 0.556. The second-order valence-electron chi connectivity index (χ2n) is 7.73. The molecule has 0 bridgehead atoms. The molecule has 0 radical (unpaired) electrons. The van der Waals surface area contributed by atoms with Gasteiger partial charge in [0.05, 0.1) is 10.7 Å². The Morgan fingerprint density at radius 3 is 2.92 bits per heavy atom. The first kappa shape index (κ1) is 18.1. The SMILES string of the molecule is Cn1ccnc(N2CCC[C@@H](NCc3csc(C(C)(C)C)n3)C2)c1=O. The van der Waals surface area contributed by atoms with E-state index in [1.54, 1.807) is 35.3 Å². The highest BCUT2D eigenvalue weighted by Gasteiger charge is 2.23. The summed E-state index contributed by atoms with van der Waals surface area (Å²) in [7, 11) is 1.77. The third-order valence-corrected chi connectivity index (χ3v) is 5.80. The first-order chi connectivity index (χ1) is 11.8. The molecule has 7 heteroatoms. The summed E-state index contributed by atoms with van der Waals surface area (Å²) in [6.45, 7) is 9.03. The Bertz CT molecular complexity index is 776. The van der Waals surface area contributed by atoms with Crippen molar-refractivity contribution in [3.8, 4) is 0 Å². The Hall–Kier alpha value is -1.73. The van der Waals surface area contributed by atoms with Crippen molar-refractivity contribution in [2.45, 2.75) is 51.6 Å². The highest BCUT2D eigenvalue weighted by molar-refractivity contribution is 7.09. The molecule has 0 aliphatic carbocycles. The van der Waals surface area contributed by atoms with E-state index in [1.807, 2.05) is 0 Å². The van der Waals surface area contributed by atoms with Gasteiger partial charge in [-0.05, 0) is 12.8 Å². The third-order valence-electron chi connectivity index (χ3n) is 4.48. The third kappa shape index (κ3) is 4.27. The van der Waals surface area contributed by atoms with Gasteiger partial charge in [-0.1, -0.05) is 20.8 Å². The zero-order valence-corrected chi connectivity index (χ0v) is 16.3. The Morgan fingerprint density at radius 1 is 1.40 bits per heavy atom. The Labute approximate surface area is 152 Å². The zero-order chi connectivity index (χ0) is 18.0. The number of nitrogens with one attached hydrogen (secondary N) is 1. The molecule has 0 aromatic carbocycles. The van der Waals surface area contributed by atoms with Crippen molar-refractivity contribution >= 4 is 17.2 Å². The summed E-state index contributed by atoms with van der Waals surface area (Å²) in [6, 6.07) is 0.347. The molecule has 0 amide bonds. The molecule has 0 saturated carbocycles. The van der Waals surface area contributed by atoms with E-state index < -0.39 is 0 Å². The molecule has 6 nitrogen and oxygen atoms in total. The normalized spacial score (nSPS) is 18.6. The molecule has 1 aliphatic heterocycles. The molecule has 0 spiro atoms. The molecular formula is C18H27N5OS. The van der Waals surface area contributed by atoms with Gasteiger partial charge in [0, 0.05) is 55.9 Å². The summed E-state index contributed by atoms with van der Waals surface area (Å²) in [5, 5.41) is 6.92. The smallest absolute Gasteiger partial charge is 0.293 e. The topological polar surface area (TPSA) is 63.1 Å². The lowest BCUT2D eigenvalue weighted by Crippen LogP contribution is -2.47. The number of hydrogen-bond acceptors (Lipinski definition) is 6. The Morgan fingerprint density at radius 2 is 2.20 bits per heavy atom. The van der Waals surface area contributed by atoms with Gasteiger partial charge in [-0.2, -0.15) is 0 Å². The molecule has 1 atom stereocenters. The molecule has 3 rings (SSSR count). The highest BCUT2D eigenvalue weighted by Crippen LogP contribution is 2.25. The van der Waals surface area contributed by atoms with E-state index in [1.165, 1.54) is 5.01 Å². The molecule has 1 fully saturated rings. The second-order valence-corrected chi connectivity index (χ2v) is 8.59. The number of aryl methyl sites for hydroxylation is 1. The summed E-state index contributed by atoms with van der Waals surface area (Å²) < 4.78 is 1.59. The first-order valence-corrected chi connectivity index (χ1v) is 9.67. The summed E-state index contributed by atoms with van der Waals surface area (Å²) in [5.41, 5.74) is 1.17. The molecule has 1 saturated heterocycles. The maximum Gasteiger partial charge on any atom is 0.293 e. The van der Waals surface area contributed by atoms with Crippen LogP contribution in [-0.4, -0.2) is 33.7 Å². The Kier molecular flexibility index (Phi) is 5.24. The summed E-state index contributed by atoms with van der Waals surface area (Å²) in [4.78, 5) is 23.4. The van der Waals surface area contributed by atoms with Gasteiger partial charge < -0.3 is 14.8 Å². The van der Waals surface area contributed by atoms with Crippen LogP contribution in [-0.2, 0) is 19.0 Å². The van der Waals surface area contributed by atoms with Crippen LogP contribution in [0, 0.1) is 0 Å². The summed E-state index contributed by atoms with van der Waals surface area (Å²) in [6.07, 6.45) is 5.55. The van der Waals surface area contributed by atoms with Gasteiger partial charge in [0.25, 0.3) is 5.56 Å². The minimum atomic E-state index is -0.0301. The van der Waals surface area contributed by atoms with E-state index in [9.17, 15) is 4.79 Å². The fourth-order valence-corrected chi connectivity index (χ4v) is 3.93. The largest absolute Gasteiger partial charge is 0.350 e. The quantitative estimate of drug-likeness (QED) is 0.905. The van der Waals surface area contributed by atoms with Crippen molar-refractivity contribution in [3.05, 3.63) is 38.8 Å². The lowest BCUT2D eigenvalue weighted by Gasteiger charge is -2.33. The van der Waals surface area contributed by atoms with Gasteiger partial charge in [-0.15, -0.1) is 11.3 Å². The van der Waals surface area contributed by atoms with E-state index in [-0.39, 0.29) is 11.0 Å². The van der Waals surface area contributed by atoms with Gasteiger partial charge in [-0.3, -0.25) is 4.79 Å². The molecule has 1 aliphatic rings. The van der Waals surface area contributed by atoms with E-state index in [4.69, 9.17) is 4.98 Å². The van der Waals surface area contributed by atoms with Crippen LogP contribution in [0.1, 0.15) is 44.3 Å². The number of rotatable bonds is 4. The Balaban J connectivity index is 1.61. The van der Waals surface area contributed by atoms with E-state index in [2.05, 4.69) is 41.4 Å². The second kappa shape index (κ2) is 7.25. The average Bonchev–Trinajstić information content (AvgIpc) is 3.05. The molecule has 3 heterocycles. The lowest BCUT2D eigenvalue weighted by molar-refractivity contribution is 0.417. The summed E-state index contributed by atoms with van der Waals surface area (Å²) >= 11 is 1.73. The minimum Gasteiger partial charge on any atom is -0.350 e. The molecule has 1 N–H and O–H groups in total. The first-order valence-electron chi connectivity index (χ1n) is 8.79. The van der Waals surface area contributed by atoms with Gasteiger partial charge in [0.2, 0.25) is 0 Å². The molecule has 2 aromatic rings. The van der Waals surface area contributed by atoms with Crippen molar-refractivity contribution in [2.24, 2.45) is 7.05 Å². The van der Waals surface area contributed by atoms with Gasteiger partial charge in [-0.25, -0.2) is 9.97 Å². The minimum absolute atomic E-state index is 0.0301. The van der Waals surface area contributed by atoms with Crippen molar-refractivity contribution < 1.29 is 0 Å². The standard InChI is InChI=1S/C18H27N5OS/c1-18(2,3)17-21-14(12-25-17)10-20-13-6-5-8-23(11-13)15-16(24)22(4)9-7-19-15/h7,9,12-13,20H,5-6,8,10-11H2,1-4H3/t13-/m1/s1. The fourth-order valence-electron chi connectivity index (χ4n) is 3.02.